The van der Waals surface area contributed by atoms with E-state index in [0.29, 0.717) is 37.3 Å². The van der Waals surface area contributed by atoms with Crippen LogP contribution < -0.4 is 22.1 Å². The second-order valence-corrected chi connectivity index (χ2v) is 4.36. The lowest BCUT2D eigenvalue weighted by Crippen LogP contribution is -2.26. The van der Waals surface area contributed by atoms with Gasteiger partial charge in [-0.2, -0.15) is 0 Å². The maximum absolute atomic E-state index is 10.8. The van der Waals surface area contributed by atoms with Crippen LogP contribution in [0.15, 0.2) is 24.3 Å². The highest BCUT2D eigenvalue weighted by Crippen LogP contribution is 1.85. The molecular formula is C14H28N4O2. The van der Waals surface area contributed by atoms with E-state index in [4.69, 9.17) is 11.5 Å². The minimum Gasteiger partial charge on any atom is -0.352 e. The molecule has 20 heavy (non-hydrogen) atoms. The SMILES string of the molecule is C=C(C)C(=O)NCCCN.C=C(C)C(=O)NCCCN. The molecule has 0 atom stereocenters. The molecule has 0 aliphatic heterocycles. The molecule has 0 radical (unpaired) electrons. The van der Waals surface area contributed by atoms with Gasteiger partial charge in [-0.1, -0.05) is 13.2 Å². The Kier molecular flexibility index (Phi) is 14.2. The first-order valence-corrected chi connectivity index (χ1v) is 6.64. The largest absolute Gasteiger partial charge is 0.352 e. The van der Waals surface area contributed by atoms with Crippen LogP contribution in [0.2, 0.25) is 0 Å². The molecule has 0 unspecified atom stereocenters. The summed E-state index contributed by atoms with van der Waals surface area (Å²) in [5, 5.41) is 5.33. The van der Waals surface area contributed by atoms with Gasteiger partial charge in [0.15, 0.2) is 0 Å². The lowest BCUT2D eigenvalue weighted by Gasteiger charge is -2.01. The molecule has 0 heterocycles. The van der Waals surface area contributed by atoms with E-state index in [2.05, 4.69) is 23.8 Å². The van der Waals surface area contributed by atoms with Crippen molar-refractivity contribution in [3.63, 3.8) is 0 Å². The molecule has 116 valence electrons. The van der Waals surface area contributed by atoms with Gasteiger partial charge in [-0.15, -0.1) is 0 Å². The van der Waals surface area contributed by atoms with Gasteiger partial charge in [-0.05, 0) is 39.8 Å². The number of carbonyl (C=O) groups excluding carboxylic acids is 2. The van der Waals surface area contributed by atoms with Crippen molar-refractivity contribution in [3.05, 3.63) is 24.3 Å². The molecule has 0 aromatic rings. The van der Waals surface area contributed by atoms with Crippen molar-refractivity contribution >= 4 is 11.8 Å². The Morgan fingerprint density at radius 1 is 0.850 bits per heavy atom. The highest BCUT2D eigenvalue weighted by Gasteiger charge is 1.98. The van der Waals surface area contributed by atoms with E-state index >= 15 is 0 Å². The Bertz CT molecular complexity index is 295. The summed E-state index contributed by atoms with van der Waals surface area (Å²) in [4.78, 5) is 21.5. The van der Waals surface area contributed by atoms with Crippen LogP contribution in [0.25, 0.3) is 0 Å². The molecule has 0 bridgehead atoms. The van der Waals surface area contributed by atoms with Crippen LogP contribution in [0, 0.1) is 0 Å². The molecule has 0 saturated carbocycles. The number of carbonyl (C=O) groups is 2. The molecule has 0 rings (SSSR count). The third-order valence-corrected chi connectivity index (χ3v) is 2.11. The number of amides is 2. The van der Waals surface area contributed by atoms with Gasteiger partial charge in [0, 0.05) is 24.2 Å². The summed E-state index contributed by atoms with van der Waals surface area (Å²) in [6, 6.07) is 0. The molecule has 0 fully saturated rings. The second kappa shape index (κ2) is 13.8. The van der Waals surface area contributed by atoms with Gasteiger partial charge in [-0.25, -0.2) is 0 Å². The first-order valence-electron chi connectivity index (χ1n) is 6.64. The summed E-state index contributed by atoms with van der Waals surface area (Å²) in [5.41, 5.74) is 11.5. The zero-order valence-corrected chi connectivity index (χ0v) is 12.6. The third kappa shape index (κ3) is 14.4. The average Bonchev–Trinajstić information content (AvgIpc) is 2.39. The average molecular weight is 284 g/mol. The first kappa shape index (κ1) is 20.7. The minimum absolute atomic E-state index is 0.0894. The van der Waals surface area contributed by atoms with Crippen LogP contribution in [0.1, 0.15) is 26.7 Å². The quantitative estimate of drug-likeness (QED) is 0.373. The maximum atomic E-state index is 10.8. The van der Waals surface area contributed by atoms with Crippen molar-refractivity contribution in [1.82, 2.24) is 10.6 Å². The number of rotatable bonds is 8. The highest BCUT2D eigenvalue weighted by molar-refractivity contribution is 5.92. The Morgan fingerprint density at radius 2 is 1.15 bits per heavy atom. The molecule has 2 amide bonds. The molecule has 0 spiro atoms. The molecule has 0 saturated heterocycles. The molecule has 0 aliphatic carbocycles. The van der Waals surface area contributed by atoms with Gasteiger partial charge in [0.1, 0.15) is 0 Å². The fraction of sp³-hybridized carbons (Fsp3) is 0.571. The van der Waals surface area contributed by atoms with Crippen LogP contribution in [0.4, 0.5) is 0 Å². The fourth-order valence-electron chi connectivity index (χ4n) is 0.910. The van der Waals surface area contributed by atoms with E-state index in [9.17, 15) is 9.59 Å². The summed E-state index contributed by atoms with van der Waals surface area (Å²) in [7, 11) is 0. The lowest BCUT2D eigenvalue weighted by molar-refractivity contribution is -0.118. The predicted octanol–water partition coefficient (Wildman–Crippen LogP) is 0.0550. The number of hydrogen-bond acceptors (Lipinski definition) is 4. The van der Waals surface area contributed by atoms with Crippen molar-refractivity contribution < 1.29 is 9.59 Å². The van der Waals surface area contributed by atoms with E-state index in [1.807, 2.05) is 0 Å². The molecule has 6 heteroatoms. The Hall–Kier alpha value is -1.66. The summed E-state index contributed by atoms with van der Waals surface area (Å²) in [6.45, 7) is 12.8. The van der Waals surface area contributed by atoms with Crippen LogP contribution in [-0.4, -0.2) is 38.0 Å². The molecule has 0 aromatic carbocycles. The minimum atomic E-state index is -0.0894. The number of hydrogen-bond donors (Lipinski definition) is 4. The van der Waals surface area contributed by atoms with Gasteiger partial charge >= 0.3 is 0 Å². The van der Waals surface area contributed by atoms with Crippen molar-refractivity contribution in [2.45, 2.75) is 26.7 Å². The fourth-order valence-corrected chi connectivity index (χ4v) is 0.910. The van der Waals surface area contributed by atoms with E-state index in [-0.39, 0.29) is 11.8 Å². The molecule has 6 N–H and O–H groups in total. The van der Waals surface area contributed by atoms with Crippen LogP contribution in [0.5, 0.6) is 0 Å². The number of nitrogens with one attached hydrogen (secondary N) is 2. The standard InChI is InChI=1S/2C7H14N2O/c2*1-6(2)7(10)9-5-3-4-8/h2*1,3-5,8H2,2H3,(H,9,10). The summed E-state index contributed by atoms with van der Waals surface area (Å²) >= 11 is 0. The normalized spacial score (nSPS) is 9.00. The molecular weight excluding hydrogens is 256 g/mol. The first-order chi connectivity index (χ1) is 9.36. The lowest BCUT2D eigenvalue weighted by atomic mass is 10.3. The van der Waals surface area contributed by atoms with Crippen molar-refractivity contribution in [2.75, 3.05) is 26.2 Å². The van der Waals surface area contributed by atoms with Crippen molar-refractivity contribution in [1.29, 1.82) is 0 Å². The summed E-state index contributed by atoms with van der Waals surface area (Å²) < 4.78 is 0. The molecule has 0 aromatic heterocycles. The van der Waals surface area contributed by atoms with Crippen LogP contribution in [0.3, 0.4) is 0 Å². The number of nitrogens with two attached hydrogens (primary N) is 2. The Balaban J connectivity index is 0. The van der Waals surface area contributed by atoms with E-state index in [0.717, 1.165) is 12.8 Å². The highest BCUT2D eigenvalue weighted by atomic mass is 16.2. The zero-order chi connectivity index (χ0) is 16.0. The van der Waals surface area contributed by atoms with Crippen LogP contribution >= 0.6 is 0 Å². The smallest absolute Gasteiger partial charge is 0.246 e. The summed E-state index contributed by atoms with van der Waals surface area (Å²) in [6.07, 6.45) is 1.64. The van der Waals surface area contributed by atoms with Gasteiger partial charge in [0.05, 0.1) is 0 Å². The maximum Gasteiger partial charge on any atom is 0.246 e. The van der Waals surface area contributed by atoms with Gasteiger partial charge in [0.25, 0.3) is 0 Å². The van der Waals surface area contributed by atoms with Gasteiger partial charge in [0.2, 0.25) is 11.8 Å². The summed E-state index contributed by atoms with van der Waals surface area (Å²) in [5.74, 6) is -0.179. The Labute approximate surface area is 121 Å². The molecule has 6 nitrogen and oxygen atoms in total. The van der Waals surface area contributed by atoms with E-state index in [1.54, 1.807) is 13.8 Å². The van der Waals surface area contributed by atoms with Crippen LogP contribution in [-0.2, 0) is 9.59 Å². The third-order valence-electron chi connectivity index (χ3n) is 2.11. The van der Waals surface area contributed by atoms with Crippen molar-refractivity contribution in [2.24, 2.45) is 11.5 Å². The molecule has 0 aliphatic rings. The zero-order valence-electron chi connectivity index (χ0n) is 12.6. The van der Waals surface area contributed by atoms with E-state index in [1.165, 1.54) is 0 Å². The second-order valence-electron chi connectivity index (χ2n) is 4.36. The topological polar surface area (TPSA) is 110 Å². The van der Waals surface area contributed by atoms with Gasteiger partial charge < -0.3 is 22.1 Å². The van der Waals surface area contributed by atoms with Crippen molar-refractivity contribution in [3.8, 4) is 0 Å². The predicted molar refractivity (Wildman–Crippen MR) is 83.0 cm³/mol. The Morgan fingerprint density at radius 3 is 1.35 bits per heavy atom. The van der Waals surface area contributed by atoms with E-state index < -0.39 is 0 Å². The monoisotopic (exact) mass is 284 g/mol. The van der Waals surface area contributed by atoms with Gasteiger partial charge in [-0.3, -0.25) is 9.59 Å².